The van der Waals surface area contributed by atoms with E-state index in [4.69, 9.17) is 10.8 Å². The molecule has 0 bridgehead atoms. The third kappa shape index (κ3) is 4.21. The first kappa shape index (κ1) is 15.3. The van der Waals surface area contributed by atoms with Crippen molar-refractivity contribution in [1.29, 1.82) is 0 Å². The van der Waals surface area contributed by atoms with Crippen molar-refractivity contribution in [3.63, 3.8) is 0 Å². The van der Waals surface area contributed by atoms with Crippen LogP contribution in [0.3, 0.4) is 0 Å². The normalized spacial score (nSPS) is 19.1. The van der Waals surface area contributed by atoms with Gasteiger partial charge in [-0.15, -0.1) is 11.3 Å². The summed E-state index contributed by atoms with van der Waals surface area (Å²) in [7, 11) is 0. The predicted molar refractivity (Wildman–Crippen MR) is 86.7 cm³/mol. The molecule has 1 unspecified atom stereocenters. The smallest absolute Gasteiger partial charge is 0.206 e. The summed E-state index contributed by atoms with van der Waals surface area (Å²) in [5, 5.41) is 5.59. The number of nitrogens with two attached hydrogens (primary N) is 1. The Kier molecular flexibility index (Phi) is 5.86. The zero-order valence-corrected chi connectivity index (χ0v) is 13.2. The van der Waals surface area contributed by atoms with Gasteiger partial charge in [-0.3, -0.25) is 5.43 Å². The molecule has 20 heavy (non-hydrogen) atoms. The Morgan fingerprint density at radius 3 is 2.65 bits per heavy atom. The average molecular weight is 294 g/mol. The van der Waals surface area contributed by atoms with Crippen LogP contribution in [0.5, 0.6) is 0 Å². The second kappa shape index (κ2) is 7.64. The maximum Gasteiger partial charge on any atom is 0.206 e. The Labute approximate surface area is 125 Å². The Balaban J connectivity index is 2.04. The van der Waals surface area contributed by atoms with Gasteiger partial charge in [-0.2, -0.15) is 0 Å². The van der Waals surface area contributed by atoms with Crippen LogP contribution in [0.25, 0.3) is 0 Å². The maximum atomic E-state index is 5.65. The molecule has 1 fully saturated rings. The molecule has 2 rings (SSSR count). The number of aliphatic imine (C=N–C) groups is 1. The summed E-state index contributed by atoms with van der Waals surface area (Å²) in [6, 6.07) is 4.92. The van der Waals surface area contributed by atoms with Gasteiger partial charge in [-0.25, -0.2) is 10.8 Å². The summed E-state index contributed by atoms with van der Waals surface area (Å²) in [5.74, 6) is 6.86. The summed E-state index contributed by atoms with van der Waals surface area (Å²) in [4.78, 5) is 6.09. The van der Waals surface area contributed by atoms with E-state index in [1.807, 2.05) is 0 Å². The molecule has 0 spiro atoms. The molecule has 0 aromatic carbocycles. The second-order valence-electron chi connectivity index (χ2n) is 5.80. The van der Waals surface area contributed by atoms with E-state index in [0.717, 1.165) is 5.96 Å². The fraction of sp³-hybridized carbons (Fsp3) is 0.667. The number of guanidine groups is 1. The fourth-order valence-electron chi connectivity index (χ4n) is 2.69. The molecule has 1 saturated carbocycles. The van der Waals surface area contributed by atoms with Crippen molar-refractivity contribution in [3.8, 4) is 0 Å². The zero-order valence-electron chi connectivity index (χ0n) is 12.4. The molecular weight excluding hydrogens is 268 g/mol. The minimum Gasteiger partial charge on any atom is -0.347 e. The van der Waals surface area contributed by atoms with Crippen molar-refractivity contribution in [2.75, 3.05) is 0 Å². The number of thiophene rings is 1. The lowest BCUT2D eigenvalue weighted by Crippen LogP contribution is -2.45. The highest BCUT2D eigenvalue weighted by molar-refractivity contribution is 7.10. The number of nitrogens with zero attached hydrogens (tertiary/aromatic N) is 1. The van der Waals surface area contributed by atoms with E-state index in [-0.39, 0.29) is 6.04 Å². The maximum absolute atomic E-state index is 5.65. The van der Waals surface area contributed by atoms with Gasteiger partial charge in [0.2, 0.25) is 5.96 Å². The van der Waals surface area contributed by atoms with Gasteiger partial charge >= 0.3 is 0 Å². The van der Waals surface area contributed by atoms with E-state index in [1.165, 1.54) is 37.0 Å². The molecule has 0 aliphatic heterocycles. The number of hydrazine groups is 1. The molecular formula is C15H26N4S. The molecule has 1 heterocycles. The number of rotatable bonds is 4. The average Bonchev–Trinajstić information content (AvgIpc) is 2.98. The largest absolute Gasteiger partial charge is 0.347 e. The quantitative estimate of drug-likeness (QED) is 0.346. The Morgan fingerprint density at radius 2 is 2.10 bits per heavy atom. The van der Waals surface area contributed by atoms with Gasteiger partial charge in [0.15, 0.2) is 0 Å². The highest BCUT2D eigenvalue weighted by atomic mass is 32.1. The van der Waals surface area contributed by atoms with Crippen LogP contribution in [0.4, 0.5) is 0 Å². The third-order valence-electron chi connectivity index (χ3n) is 3.83. The van der Waals surface area contributed by atoms with Crippen LogP contribution >= 0.6 is 11.3 Å². The van der Waals surface area contributed by atoms with Crippen molar-refractivity contribution in [2.24, 2.45) is 16.8 Å². The molecule has 0 amide bonds. The third-order valence-corrected chi connectivity index (χ3v) is 4.79. The van der Waals surface area contributed by atoms with Crippen LogP contribution < -0.4 is 16.6 Å². The fourth-order valence-corrected chi connectivity index (χ4v) is 3.64. The molecule has 4 N–H and O–H groups in total. The Hall–Kier alpha value is -1.07. The highest BCUT2D eigenvalue weighted by Crippen LogP contribution is 2.26. The van der Waals surface area contributed by atoms with E-state index < -0.39 is 0 Å². The lowest BCUT2D eigenvalue weighted by Gasteiger charge is -2.25. The first-order valence-corrected chi connectivity index (χ1v) is 8.43. The van der Waals surface area contributed by atoms with Crippen LogP contribution in [-0.4, -0.2) is 12.0 Å². The van der Waals surface area contributed by atoms with Crippen molar-refractivity contribution in [2.45, 2.75) is 58.0 Å². The van der Waals surface area contributed by atoms with Gasteiger partial charge < -0.3 is 5.32 Å². The van der Waals surface area contributed by atoms with Crippen LogP contribution in [0.1, 0.15) is 56.9 Å². The molecule has 1 atom stereocenters. The van der Waals surface area contributed by atoms with Gasteiger partial charge in [-0.05, 0) is 30.2 Å². The first-order chi connectivity index (χ1) is 9.70. The summed E-state index contributed by atoms with van der Waals surface area (Å²) >= 11 is 1.77. The molecule has 0 radical (unpaired) electrons. The Morgan fingerprint density at radius 1 is 1.35 bits per heavy atom. The Bertz CT molecular complexity index is 408. The van der Waals surface area contributed by atoms with Crippen LogP contribution in [-0.2, 0) is 0 Å². The van der Waals surface area contributed by atoms with Crippen molar-refractivity contribution in [1.82, 2.24) is 10.7 Å². The zero-order chi connectivity index (χ0) is 14.4. The molecule has 1 aromatic heterocycles. The van der Waals surface area contributed by atoms with E-state index in [1.54, 1.807) is 11.3 Å². The molecule has 5 heteroatoms. The second-order valence-corrected chi connectivity index (χ2v) is 6.77. The van der Waals surface area contributed by atoms with Crippen LogP contribution in [0, 0.1) is 5.92 Å². The van der Waals surface area contributed by atoms with Gasteiger partial charge in [0.25, 0.3) is 0 Å². The topological polar surface area (TPSA) is 62.4 Å². The van der Waals surface area contributed by atoms with Crippen molar-refractivity contribution in [3.05, 3.63) is 22.4 Å². The number of hydrogen-bond donors (Lipinski definition) is 3. The van der Waals surface area contributed by atoms with Gasteiger partial charge in [0.1, 0.15) is 0 Å². The van der Waals surface area contributed by atoms with Crippen LogP contribution in [0.2, 0.25) is 0 Å². The number of nitrogens with one attached hydrogen (secondary N) is 2. The van der Waals surface area contributed by atoms with E-state index >= 15 is 0 Å². The minimum absolute atomic E-state index is 0.258. The lowest BCUT2D eigenvalue weighted by molar-refractivity contribution is 0.434. The van der Waals surface area contributed by atoms with Crippen LogP contribution in [0.15, 0.2) is 22.5 Å². The highest BCUT2D eigenvalue weighted by Gasteiger charge is 2.19. The first-order valence-electron chi connectivity index (χ1n) is 7.55. The SMILES string of the molecule is CC(C)C(NC(=NC1CCCCC1)NN)c1cccs1. The van der Waals surface area contributed by atoms with Gasteiger partial charge in [-0.1, -0.05) is 39.2 Å². The van der Waals surface area contributed by atoms with E-state index in [0.29, 0.717) is 12.0 Å². The van der Waals surface area contributed by atoms with Gasteiger partial charge in [0.05, 0.1) is 12.1 Å². The number of hydrogen-bond acceptors (Lipinski definition) is 3. The molecule has 1 aliphatic rings. The molecule has 4 nitrogen and oxygen atoms in total. The molecule has 1 aliphatic carbocycles. The minimum atomic E-state index is 0.258. The van der Waals surface area contributed by atoms with Crippen molar-refractivity contribution >= 4 is 17.3 Å². The standard InChI is InChI=1S/C15H26N4S/c1-11(2)14(13-9-6-10-20-13)18-15(19-16)17-12-7-4-3-5-8-12/h6,9-12,14H,3-5,7-8,16H2,1-2H3,(H2,17,18,19). The molecule has 112 valence electrons. The summed E-state index contributed by atoms with van der Waals surface area (Å²) in [5.41, 5.74) is 2.74. The van der Waals surface area contributed by atoms with Crippen molar-refractivity contribution < 1.29 is 0 Å². The summed E-state index contributed by atoms with van der Waals surface area (Å²) in [6.45, 7) is 4.43. The van der Waals surface area contributed by atoms with E-state index in [9.17, 15) is 0 Å². The molecule has 0 saturated heterocycles. The van der Waals surface area contributed by atoms with E-state index in [2.05, 4.69) is 42.1 Å². The lowest BCUT2D eigenvalue weighted by atomic mass is 9.96. The monoisotopic (exact) mass is 294 g/mol. The molecule has 1 aromatic rings. The summed E-state index contributed by atoms with van der Waals surface area (Å²) < 4.78 is 0. The van der Waals surface area contributed by atoms with Gasteiger partial charge in [0, 0.05) is 4.88 Å². The summed E-state index contributed by atoms with van der Waals surface area (Å²) in [6.07, 6.45) is 6.26. The predicted octanol–water partition coefficient (Wildman–Crippen LogP) is 3.19.